The Morgan fingerprint density at radius 3 is 2.89 bits per heavy atom. The molecular formula is C7H14N2. The van der Waals surface area contributed by atoms with Crippen LogP contribution in [-0.2, 0) is 0 Å². The van der Waals surface area contributed by atoms with Crippen molar-refractivity contribution >= 4 is 0 Å². The van der Waals surface area contributed by atoms with E-state index in [-0.39, 0.29) is 0 Å². The SMILES string of the molecule is C#CCCNC(C)CN. The molecule has 0 spiro atoms. The Balaban J connectivity index is 2.99. The fraction of sp³-hybridized carbons (Fsp3) is 0.714. The lowest BCUT2D eigenvalue weighted by Gasteiger charge is -2.08. The molecule has 0 radical (unpaired) electrons. The maximum atomic E-state index is 5.34. The summed E-state index contributed by atoms with van der Waals surface area (Å²) in [6.45, 7) is 3.58. The molecule has 2 heteroatoms. The van der Waals surface area contributed by atoms with E-state index in [1.54, 1.807) is 0 Å². The highest BCUT2D eigenvalue weighted by atomic mass is 14.9. The Morgan fingerprint density at radius 1 is 1.78 bits per heavy atom. The molecule has 1 unspecified atom stereocenters. The fourth-order valence-corrected chi connectivity index (χ4v) is 0.474. The number of rotatable bonds is 4. The summed E-state index contributed by atoms with van der Waals surface area (Å²) >= 11 is 0. The van der Waals surface area contributed by atoms with Gasteiger partial charge in [-0.2, -0.15) is 0 Å². The molecule has 0 amide bonds. The lowest BCUT2D eigenvalue weighted by molar-refractivity contribution is 0.565. The zero-order valence-corrected chi connectivity index (χ0v) is 5.85. The molecule has 0 heterocycles. The molecule has 0 bridgehead atoms. The van der Waals surface area contributed by atoms with Gasteiger partial charge in [-0.3, -0.25) is 0 Å². The third-order valence-corrected chi connectivity index (χ3v) is 1.12. The second-order valence-electron chi connectivity index (χ2n) is 2.04. The lowest BCUT2D eigenvalue weighted by atomic mass is 10.3. The van der Waals surface area contributed by atoms with Gasteiger partial charge in [-0.15, -0.1) is 12.3 Å². The highest BCUT2D eigenvalue weighted by Gasteiger charge is 1.93. The Kier molecular flexibility index (Phi) is 5.29. The summed E-state index contributed by atoms with van der Waals surface area (Å²) in [7, 11) is 0. The van der Waals surface area contributed by atoms with Crippen LogP contribution in [0.4, 0.5) is 0 Å². The van der Waals surface area contributed by atoms with Crippen LogP contribution in [0.3, 0.4) is 0 Å². The largest absolute Gasteiger partial charge is 0.329 e. The number of nitrogens with two attached hydrogens (primary N) is 1. The van der Waals surface area contributed by atoms with E-state index < -0.39 is 0 Å². The van der Waals surface area contributed by atoms with Crippen molar-refractivity contribution in [3.8, 4) is 12.3 Å². The van der Waals surface area contributed by atoms with Gasteiger partial charge in [0.2, 0.25) is 0 Å². The van der Waals surface area contributed by atoms with Crippen LogP contribution in [0.2, 0.25) is 0 Å². The minimum absolute atomic E-state index is 0.387. The quantitative estimate of drug-likeness (QED) is 0.409. The summed E-state index contributed by atoms with van der Waals surface area (Å²) < 4.78 is 0. The van der Waals surface area contributed by atoms with Crippen molar-refractivity contribution in [1.29, 1.82) is 0 Å². The summed E-state index contributed by atoms with van der Waals surface area (Å²) in [5.41, 5.74) is 5.34. The zero-order valence-electron chi connectivity index (χ0n) is 5.85. The van der Waals surface area contributed by atoms with Crippen LogP contribution in [0.1, 0.15) is 13.3 Å². The first-order valence-corrected chi connectivity index (χ1v) is 3.18. The van der Waals surface area contributed by atoms with Crippen molar-refractivity contribution in [1.82, 2.24) is 5.32 Å². The summed E-state index contributed by atoms with van der Waals surface area (Å²) in [5.74, 6) is 2.54. The standard InChI is InChI=1S/C7H14N2/c1-3-4-5-9-7(2)6-8/h1,7,9H,4-6,8H2,2H3. The second kappa shape index (κ2) is 5.61. The molecule has 52 valence electrons. The molecule has 1 atom stereocenters. The smallest absolute Gasteiger partial charge is 0.0212 e. The van der Waals surface area contributed by atoms with Crippen LogP contribution in [0.25, 0.3) is 0 Å². The average molecular weight is 126 g/mol. The average Bonchev–Trinajstić information content (AvgIpc) is 1.89. The predicted octanol–water partition coefficient (Wildman–Crippen LogP) is -0.0535. The Labute approximate surface area is 56.8 Å². The van der Waals surface area contributed by atoms with Gasteiger partial charge in [-0.25, -0.2) is 0 Å². The first kappa shape index (κ1) is 8.48. The molecule has 3 N–H and O–H groups in total. The molecule has 0 fully saturated rings. The number of nitrogens with one attached hydrogen (secondary N) is 1. The van der Waals surface area contributed by atoms with E-state index in [4.69, 9.17) is 12.2 Å². The maximum absolute atomic E-state index is 5.34. The van der Waals surface area contributed by atoms with Crippen molar-refractivity contribution in [2.45, 2.75) is 19.4 Å². The minimum atomic E-state index is 0.387. The van der Waals surface area contributed by atoms with Crippen LogP contribution >= 0.6 is 0 Å². The summed E-state index contributed by atoms with van der Waals surface area (Å²) in [6.07, 6.45) is 5.82. The van der Waals surface area contributed by atoms with Gasteiger partial charge in [0.25, 0.3) is 0 Å². The molecule has 2 nitrogen and oxygen atoms in total. The van der Waals surface area contributed by atoms with Crippen molar-refractivity contribution in [2.24, 2.45) is 5.73 Å². The third-order valence-electron chi connectivity index (χ3n) is 1.12. The van der Waals surface area contributed by atoms with Crippen molar-refractivity contribution in [3.05, 3.63) is 0 Å². The number of hydrogen-bond donors (Lipinski definition) is 2. The van der Waals surface area contributed by atoms with Gasteiger partial charge >= 0.3 is 0 Å². The van der Waals surface area contributed by atoms with Gasteiger partial charge in [0.1, 0.15) is 0 Å². The topological polar surface area (TPSA) is 38.0 Å². The van der Waals surface area contributed by atoms with Crippen LogP contribution in [0, 0.1) is 12.3 Å². The van der Waals surface area contributed by atoms with E-state index in [9.17, 15) is 0 Å². The summed E-state index contributed by atoms with van der Waals surface area (Å²) in [6, 6.07) is 0.387. The Morgan fingerprint density at radius 2 is 2.44 bits per heavy atom. The minimum Gasteiger partial charge on any atom is -0.329 e. The lowest BCUT2D eigenvalue weighted by Crippen LogP contribution is -2.33. The molecule has 0 aromatic heterocycles. The van der Waals surface area contributed by atoms with E-state index in [2.05, 4.69) is 11.2 Å². The van der Waals surface area contributed by atoms with E-state index in [0.717, 1.165) is 13.0 Å². The van der Waals surface area contributed by atoms with E-state index >= 15 is 0 Å². The normalized spacial score (nSPS) is 12.6. The Bertz CT molecular complexity index is 93.6. The summed E-state index contributed by atoms with van der Waals surface area (Å²) in [4.78, 5) is 0. The van der Waals surface area contributed by atoms with Gasteiger partial charge in [0.05, 0.1) is 0 Å². The fourth-order valence-electron chi connectivity index (χ4n) is 0.474. The van der Waals surface area contributed by atoms with Crippen molar-refractivity contribution in [3.63, 3.8) is 0 Å². The molecule has 0 aliphatic rings. The second-order valence-corrected chi connectivity index (χ2v) is 2.04. The molecule has 0 aromatic carbocycles. The molecule has 0 aliphatic carbocycles. The molecule has 0 rings (SSSR count). The first-order valence-electron chi connectivity index (χ1n) is 3.18. The number of terminal acetylenes is 1. The van der Waals surface area contributed by atoms with Gasteiger partial charge < -0.3 is 11.1 Å². The van der Waals surface area contributed by atoms with Gasteiger partial charge in [-0.1, -0.05) is 0 Å². The van der Waals surface area contributed by atoms with E-state index in [0.29, 0.717) is 12.6 Å². The zero-order chi connectivity index (χ0) is 7.11. The summed E-state index contributed by atoms with van der Waals surface area (Å²) in [5, 5.41) is 3.17. The highest BCUT2D eigenvalue weighted by Crippen LogP contribution is 1.76. The number of hydrogen-bond acceptors (Lipinski definition) is 2. The van der Waals surface area contributed by atoms with E-state index in [1.807, 2.05) is 6.92 Å². The van der Waals surface area contributed by atoms with Crippen molar-refractivity contribution in [2.75, 3.05) is 13.1 Å². The van der Waals surface area contributed by atoms with Gasteiger partial charge in [-0.05, 0) is 6.92 Å². The third kappa shape index (κ3) is 5.35. The van der Waals surface area contributed by atoms with Crippen LogP contribution in [0.5, 0.6) is 0 Å². The van der Waals surface area contributed by atoms with Gasteiger partial charge in [0, 0.05) is 25.6 Å². The van der Waals surface area contributed by atoms with Crippen molar-refractivity contribution < 1.29 is 0 Å². The molecule has 0 saturated carbocycles. The molecule has 0 aliphatic heterocycles. The van der Waals surface area contributed by atoms with Gasteiger partial charge in [0.15, 0.2) is 0 Å². The molecule has 9 heavy (non-hydrogen) atoms. The Hall–Kier alpha value is -0.520. The monoisotopic (exact) mass is 126 g/mol. The molecule has 0 aromatic rings. The highest BCUT2D eigenvalue weighted by molar-refractivity contribution is 4.84. The first-order chi connectivity index (χ1) is 4.31. The van der Waals surface area contributed by atoms with Crippen LogP contribution < -0.4 is 11.1 Å². The molecule has 0 saturated heterocycles. The van der Waals surface area contributed by atoms with Crippen LogP contribution in [0.15, 0.2) is 0 Å². The molecular weight excluding hydrogens is 112 g/mol. The maximum Gasteiger partial charge on any atom is 0.0212 e. The predicted molar refractivity (Wildman–Crippen MR) is 40.0 cm³/mol. The van der Waals surface area contributed by atoms with Crippen LogP contribution in [-0.4, -0.2) is 19.1 Å². The van der Waals surface area contributed by atoms with E-state index in [1.165, 1.54) is 0 Å².